The lowest BCUT2D eigenvalue weighted by Crippen LogP contribution is -2.42. The van der Waals surface area contributed by atoms with Crippen LogP contribution >= 0.6 is 11.6 Å². The number of hydrogen-bond donors (Lipinski definition) is 1. The van der Waals surface area contributed by atoms with E-state index in [9.17, 15) is 14.9 Å². The number of nitro groups is 1. The molecule has 0 aromatic heterocycles. The normalized spacial score (nSPS) is 21.9. The van der Waals surface area contributed by atoms with Crippen molar-refractivity contribution < 1.29 is 19.2 Å². The summed E-state index contributed by atoms with van der Waals surface area (Å²) in [5, 5.41) is 14.8. The van der Waals surface area contributed by atoms with Crippen LogP contribution in [-0.4, -0.2) is 36.3 Å². The van der Waals surface area contributed by atoms with Crippen LogP contribution in [0.4, 0.5) is 11.4 Å². The van der Waals surface area contributed by atoms with Gasteiger partial charge in [0.05, 0.1) is 28.2 Å². The van der Waals surface area contributed by atoms with E-state index in [4.69, 9.17) is 16.3 Å². The van der Waals surface area contributed by atoms with E-state index in [-0.39, 0.29) is 27.9 Å². The number of nitrogens with one attached hydrogen (secondary N) is 1. The fourth-order valence-electron chi connectivity index (χ4n) is 3.83. The lowest BCUT2D eigenvalue weighted by Gasteiger charge is -2.38. The molecule has 1 atom stereocenters. The Morgan fingerprint density at radius 2 is 2.16 bits per heavy atom. The van der Waals surface area contributed by atoms with Crippen molar-refractivity contribution in [2.24, 2.45) is 0 Å². The average molecular weight is 369 g/mol. The van der Waals surface area contributed by atoms with Gasteiger partial charge in [0.1, 0.15) is 5.69 Å². The highest BCUT2D eigenvalue weighted by atomic mass is 35.5. The van der Waals surface area contributed by atoms with Gasteiger partial charge in [-0.3, -0.25) is 10.1 Å². The molecule has 1 heterocycles. The smallest absolute Gasteiger partial charge is 0.339 e. The first kappa shape index (κ1) is 17.9. The van der Waals surface area contributed by atoms with Crippen molar-refractivity contribution >= 4 is 28.9 Å². The summed E-state index contributed by atoms with van der Waals surface area (Å²) in [5.41, 5.74) is 0.0283. The fourth-order valence-corrected chi connectivity index (χ4v) is 4.07. The van der Waals surface area contributed by atoms with E-state index in [0.717, 1.165) is 38.5 Å². The van der Waals surface area contributed by atoms with E-state index in [0.29, 0.717) is 12.3 Å². The molecule has 1 aromatic carbocycles. The number of nitro benzene ring substituents is 1. The van der Waals surface area contributed by atoms with Crippen molar-refractivity contribution in [1.82, 2.24) is 0 Å². The van der Waals surface area contributed by atoms with Gasteiger partial charge in [-0.15, -0.1) is 0 Å². The third-order valence-electron chi connectivity index (χ3n) is 5.05. The third-order valence-corrected chi connectivity index (χ3v) is 5.37. The monoisotopic (exact) mass is 368 g/mol. The predicted molar refractivity (Wildman–Crippen MR) is 93.2 cm³/mol. The van der Waals surface area contributed by atoms with Gasteiger partial charge in [0, 0.05) is 18.7 Å². The summed E-state index contributed by atoms with van der Waals surface area (Å²) in [4.78, 5) is 22.6. The molecule has 1 unspecified atom stereocenters. The largest absolute Gasteiger partial charge is 0.465 e. The average Bonchev–Trinajstić information content (AvgIpc) is 3.01. The molecule has 7 nitrogen and oxygen atoms in total. The number of halogens is 1. The Morgan fingerprint density at radius 3 is 2.80 bits per heavy atom. The van der Waals surface area contributed by atoms with E-state index in [2.05, 4.69) is 10.1 Å². The van der Waals surface area contributed by atoms with E-state index >= 15 is 0 Å². The number of rotatable bonds is 4. The molecule has 1 aliphatic carbocycles. The summed E-state index contributed by atoms with van der Waals surface area (Å²) >= 11 is 6.13. The van der Waals surface area contributed by atoms with Crippen LogP contribution in [0, 0.1) is 10.1 Å². The molecule has 25 heavy (non-hydrogen) atoms. The first-order chi connectivity index (χ1) is 11.9. The summed E-state index contributed by atoms with van der Waals surface area (Å²) < 4.78 is 10.6. The Kier molecular flexibility index (Phi) is 5.15. The molecule has 1 N–H and O–H groups in total. The van der Waals surface area contributed by atoms with Gasteiger partial charge >= 0.3 is 5.97 Å². The van der Waals surface area contributed by atoms with Crippen LogP contribution in [0.3, 0.4) is 0 Å². The maximum Gasteiger partial charge on any atom is 0.339 e. The van der Waals surface area contributed by atoms with Gasteiger partial charge in [-0.2, -0.15) is 0 Å². The van der Waals surface area contributed by atoms with E-state index < -0.39 is 10.9 Å². The number of carbonyl (C=O) groups is 1. The zero-order chi connectivity index (χ0) is 18.0. The second kappa shape index (κ2) is 7.17. The zero-order valence-electron chi connectivity index (χ0n) is 14.0. The number of carbonyl (C=O) groups excluding carboxylic acids is 1. The molecular weight excluding hydrogens is 348 g/mol. The summed E-state index contributed by atoms with van der Waals surface area (Å²) in [6.45, 7) is 0.638. The second-order valence-electron chi connectivity index (χ2n) is 6.67. The van der Waals surface area contributed by atoms with Crippen molar-refractivity contribution in [3.8, 4) is 0 Å². The Bertz CT molecular complexity index is 688. The topological polar surface area (TPSA) is 90.7 Å². The number of nitrogens with zero attached hydrogens (tertiary/aromatic N) is 1. The quantitative estimate of drug-likeness (QED) is 0.491. The van der Waals surface area contributed by atoms with Gasteiger partial charge in [0.15, 0.2) is 0 Å². The van der Waals surface area contributed by atoms with Crippen LogP contribution in [0.2, 0.25) is 5.02 Å². The Morgan fingerprint density at radius 1 is 1.44 bits per heavy atom. The highest BCUT2D eigenvalue weighted by Crippen LogP contribution is 2.41. The van der Waals surface area contributed by atoms with Crippen LogP contribution in [0.1, 0.15) is 48.9 Å². The number of ether oxygens (including phenoxy) is 2. The minimum absolute atomic E-state index is 0.0133. The first-order valence-corrected chi connectivity index (χ1v) is 8.79. The van der Waals surface area contributed by atoms with Gasteiger partial charge in [0.2, 0.25) is 0 Å². The Hall–Kier alpha value is -1.86. The molecule has 2 aliphatic rings. The number of benzene rings is 1. The predicted octanol–water partition coefficient (Wildman–Crippen LogP) is 3.94. The van der Waals surface area contributed by atoms with Crippen LogP contribution in [-0.2, 0) is 9.47 Å². The van der Waals surface area contributed by atoms with Crippen LogP contribution in [0.15, 0.2) is 12.1 Å². The molecule has 0 bridgehead atoms. The van der Waals surface area contributed by atoms with E-state index in [1.54, 1.807) is 0 Å². The molecule has 8 heteroatoms. The molecule has 1 saturated carbocycles. The molecule has 1 saturated heterocycles. The van der Waals surface area contributed by atoms with Gasteiger partial charge in [-0.1, -0.05) is 24.4 Å². The van der Waals surface area contributed by atoms with Crippen LogP contribution in [0.25, 0.3) is 0 Å². The second-order valence-corrected chi connectivity index (χ2v) is 7.08. The van der Waals surface area contributed by atoms with Gasteiger partial charge in [-0.25, -0.2) is 4.79 Å². The zero-order valence-corrected chi connectivity index (χ0v) is 14.8. The highest BCUT2D eigenvalue weighted by Gasteiger charge is 2.40. The molecule has 1 aliphatic heterocycles. The molecule has 2 fully saturated rings. The summed E-state index contributed by atoms with van der Waals surface area (Å²) in [6.07, 6.45) is 5.99. The molecule has 136 valence electrons. The van der Waals surface area contributed by atoms with Crippen molar-refractivity contribution in [1.29, 1.82) is 0 Å². The maximum absolute atomic E-state index is 11.7. The lowest BCUT2D eigenvalue weighted by atomic mass is 9.88. The fraction of sp³-hybridized carbons (Fsp3) is 0.588. The molecule has 3 rings (SSSR count). The third kappa shape index (κ3) is 3.72. The first-order valence-electron chi connectivity index (χ1n) is 8.41. The van der Waals surface area contributed by atoms with E-state index in [1.165, 1.54) is 19.2 Å². The lowest BCUT2D eigenvalue weighted by molar-refractivity contribution is -0.384. The number of methoxy groups -OCH3 is 1. The molecule has 0 amide bonds. The van der Waals surface area contributed by atoms with Gasteiger partial charge in [0.25, 0.3) is 5.69 Å². The van der Waals surface area contributed by atoms with Crippen LogP contribution in [0.5, 0.6) is 0 Å². The van der Waals surface area contributed by atoms with Crippen molar-refractivity contribution in [2.45, 2.75) is 50.2 Å². The number of hydrogen-bond acceptors (Lipinski definition) is 6. The number of anilines is 1. The molecule has 0 radical (unpaired) electrons. The maximum atomic E-state index is 11.7. The SMILES string of the molecule is COC(=O)c1cc([N+](=O)[O-])c(NC2CCOC3(CCCC3)C2)cc1Cl. The summed E-state index contributed by atoms with van der Waals surface area (Å²) in [5.74, 6) is -0.698. The standard InChI is InChI=1S/C17H21ClN2O5/c1-24-16(21)12-8-15(20(22)23)14(9-13(12)18)19-11-4-7-25-17(10-11)5-2-3-6-17/h8-9,11,19H,2-7,10H2,1H3. The minimum Gasteiger partial charge on any atom is -0.465 e. The number of esters is 1. The molecule has 1 spiro atoms. The van der Waals surface area contributed by atoms with Crippen molar-refractivity contribution in [3.05, 3.63) is 32.8 Å². The van der Waals surface area contributed by atoms with E-state index in [1.807, 2.05) is 0 Å². The van der Waals surface area contributed by atoms with Crippen LogP contribution < -0.4 is 5.32 Å². The minimum atomic E-state index is -0.698. The molecular formula is C17H21ClN2O5. The Labute approximate surface area is 150 Å². The molecule has 1 aromatic rings. The van der Waals surface area contributed by atoms with Gasteiger partial charge < -0.3 is 14.8 Å². The van der Waals surface area contributed by atoms with Crippen molar-refractivity contribution in [2.75, 3.05) is 19.0 Å². The van der Waals surface area contributed by atoms with Gasteiger partial charge in [-0.05, 0) is 31.7 Å². The highest BCUT2D eigenvalue weighted by molar-refractivity contribution is 6.34. The van der Waals surface area contributed by atoms with Crippen molar-refractivity contribution in [3.63, 3.8) is 0 Å². The Balaban J connectivity index is 1.85. The summed E-state index contributed by atoms with van der Waals surface area (Å²) in [7, 11) is 1.21. The summed E-state index contributed by atoms with van der Waals surface area (Å²) in [6, 6.07) is 2.68.